The van der Waals surface area contributed by atoms with E-state index in [1.54, 1.807) is 0 Å². The zero-order valence-corrected chi connectivity index (χ0v) is 38.6. The zero-order chi connectivity index (χ0) is 41.5. The van der Waals surface area contributed by atoms with E-state index in [0.29, 0.717) is 19.6 Å². The van der Waals surface area contributed by atoms with Gasteiger partial charge in [0.25, 0.3) is 0 Å². The number of rotatable bonds is 47. The third-order valence-electron chi connectivity index (χ3n) is 11.6. The van der Waals surface area contributed by atoms with Gasteiger partial charge in [0, 0.05) is 13.0 Å². The molecule has 0 aliphatic heterocycles. The van der Waals surface area contributed by atoms with E-state index in [4.69, 9.17) is 14.2 Å². The molecule has 0 rings (SSSR count). The number of ether oxygens (including phenoxy) is 3. The van der Waals surface area contributed by atoms with Gasteiger partial charge in [-0.3, -0.25) is 4.79 Å². The molecule has 0 aromatic rings. The fourth-order valence-electron chi connectivity index (χ4n) is 7.85. The van der Waals surface area contributed by atoms with Crippen molar-refractivity contribution < 1.29 is 28.9 Å². The van der Waals surface area contributed by atoms with Gasteiger partial charge in [0.15, 0.2) is 0 Å². The number of hydrogen-bond acceptors (Lipinski definition) is 7. The lowest BCUT2D eigenvalue weighted by atomic mass is 10.0. The van der Waals surface area contributed by atoms with Crippen LogP contribution in [0, 0.1) is 0 Å². The molecule has 0 radical (unpaired) electrons. The van der Waals surface area contributed by atoms with Gasteiger partial charge in [-0.15, -0.1) is 0 Å². The first kappa shape index (κ1) is 55.7. The Balaban J connectivity index is 3.97. The highest BCUT2D eigenvalue weighted by Gasteiger charge is 2.15. The fraction of sp³-hybridized carbons (Fsp3) is 0.960. The van der Waals surface area contributed by atoms with Crippen molar-refractivity contribution in [3.63, 3.8) is 0 Å². The fourth-order valence-corrected chi connectivity index (χ4v) is 7.85. The van der Waals surface area contributed by atoms with Gasteiger partial charge in [-0.25, -0.2) is 4.79 Å². The molecular formula is C50H99NO6. The summed E-state index contributed by atoms with van der Waals surface area (Å²) in [5.74, 6) is -0.0233. The van der Waals surface area contributed by atoms with Gasteiger partial charge >= 0.3 is 12.1 Å². The smallest absolute Gasteiger partial charge is 0.466 e. The Morgan fingerprint density at radius 3 is 1.19 bits per heavy atom. The molecule has 0 amide bonds. The third kappa shape index (κ3) is 44.1. The van der Waals surface area contributed by atoms with Crippen LogP contribution in [0.2, 0.25) is 0 Å². The number of aliphatic hydroxyl groups excluding tert-OH is 1. The normalized spacial score (nSPS) is 12.0. The highest BCUT2D eigenvalue weighted by molar-refractivity contribution is 5.69. The second-order valence-corrected chi connectivity index (χ2v) is 17.3. The Labute approximate surface area is 355 Å². The van der Waals surface area contributed by atoms with Crippen molar-refractivity contribution in [1.82, 2.24) is 4.90 Å². The molecule has 0 aromatic carbocycles. The highest BCUT2D eigenvalue weighted by Crippen LogP contribution is 2.19. The Hall–Kier alpha value is -1.34. The van der Waals surface area contributed by atoms with Gasteiger partial charge in [0.1, 0.15) is 6.10 Å². The van der Waals surface area contributed by atoms with Crippen molar-refractivity contribution in [2.75, 3.05) is 39.5 Å². The summed E-state index contributed by atoms with van der Waals surface area (Å²) in [4.78, 5) is 26.9. The van der Waals surface area contributed by atoms with Crippen LogP contribution in [-0.2, 0) is 19.0 Å². The van der Waals surface area contributed by atoms with Crippen molar-refractivity contribution in [2.24, 2.45) is 0 Å². The Bertz CT molecular complexity index is 810. The molecule has 0 aromatic heterocycles. The van der Waals surface area contributed by atoms with Crippen LogP contribution in [0.25, 0.3) is 0 Å². The molecule has 0 aliphatic carbocycles. The summed E-state index contributed by atoms with van der Waals surface area (Å²) in [5.41, 5.74) is 0. The van der Waals surface area contributed by atoms with Gasteiger partial charge in [-0.05, 0) is 70.9 Å². The second kappa shape index (κ2) is 47.3. The molecule has 0 fully saturated rings. The summed E-state index contributed by atoms with van der Waals surface area (Å²) >= 11 is 0. The van der Waals surface area contributed by atoms with Gasteiger partial charge in [-0.1, -0.05) is 201 Å². The van der Waals surface area contributed by atoms with Gasteiger partial charge < -0.3 is 24.2 Å². The number of carbonyl (C=O) groups excluding carboxylic acids is 2. The molecule has 0 saturated heterocycles. The van der Waals surface area contributed by atoms with Crippen LogP contribution in [0.1, 0.15) is 265 Å². The lowest BCUT2D eigenvalue weighted by molar-refractivity contribution is -0.143. The average molecular weight is 810 g/mol. The van der Waals surface area contributed by atoms with Crippen LogP contribution in [0.5, 0.6) is 0 Å². The van der Waals surface area contributed by atoms with Crippen molar-refractivity contribution in [3.8, 4) is 0 Å². The molecule has 7 nitrogen and oxygen atoms in total. The van der Waals surface area contributed by atoms with Crippen LogP contribution in [0.15, 0.2) is 0 Å². The summed E-state index contributed by atoms with van der Waals surface area (Å²) in [6, 6.07) is 0. The van der Waals surface area contributed by atoms with Gasteiger partial charge in [0.2, 0.25) is 0 Å². The number of unbranched alkanes of at least 4 members (excludes halogenated alkanes) is 30. The van der Waals surface area contributed by atoms with Crippen molar-refractivity contribution in [3.05, 3.63) is 0 Å². The van der Waals surface area contributed by atoms with E-state index in [2.05, 4.69) is 25.7 Å². The molecule has 0 spiro atoms. The zero-order valence-electron chi connectivity index (χ0n) is 38.6. The van der Waals surface area contributed by atoms with E-state index < -0.39 is 6.16 Å². The topological polar surface area (TPSA) is 85.3 Å². The summed E-state index contributed by atoms with van der Waals surface area (Å²) in [5, 5.41) is 9.56. The monoisotopic (exact) mass is 810 g/mol. The van der Waals surface area contributed by atoms with E-state index in [1.807, 2.05) is 0 Å². The highest BCUT2D eigenvalue weighted by atomic mass is 16.7. The van der Waals surface area contributed by atoms with E-state index in [9.17, 15) is 14.7 Å². The number of esters is 1. The van der Waals surface area contributed by atoms with Crippen LogP contribution in [-0.4, -0.2) is 67.7 Å². The lowest BCUT2D eigenvalue weighted by Crippen LogP contribution is -2.29. The average Bonchev–Trinajstić information content (AvgIpc) is 3.20. The minimum atomic E-state index is -0.462. The lowest BCUT2D eigenvalue weighted by Gasteiger charge is -2.21. The van der Waals surface area contributed by atoms with Crippen molar-refractivity contribution >= 4 is 12.1 Å². The van der Waals surface area contributed by atoms with Crippen molar-refractivity contribution in [2.45, 2.75) is 271 Å². The Morgan fingerprint density at radius 2 is 0.772 bits per heavy atom. The molecule has 0 heterocycles. The molecule has 1 atom stereocenters. The van der Waals surface area contributed by atoms with E-state index in [0.717, 1.165) is 90.3 Å². The maximum atomic E-state index is 12.6. The summed E-state index contributed by atoms with van der Waals surface area (Å²) < 4.78 is 16.8. The first-order valence-corrected chi connectivity index (χ1v) is 25.4. The number of aliphatic hydroxyl groups is 1. The first-order chi connectivity index (χ1) is 28.1. The molecule has 57 heavy (non-hydrogen) atoms. The quantitative estimate of drug-likeness (QED) is 0.0484. The minimum absolute atomic E-state index is 0.00109. The van der Waals surface area contributed by atoms with Gasteiger partial charge in [0.05, 0.1) is 19.8 Å². The first-order valence-electron chi connectivity index (χ1n) is 25.4. The summed E-state index contributed by atoms with van der Waals surface area (Å²) in [6.07, 6.45) is 45.0. The molecule has 1 unspecified atom stereocenters. The van der Waals surface area contributed by atoms with E-state index >= 15 is 0 Å². The van der Waals surface area contributed by atoms with Crippen LogP contribution >= 0.6 is 0 Å². The van der Waals surface area contributed by atoms with E-state index in [1.165, 1.54) is 167 Å². The number of carbonyl (C=O) groups is 2. The molecular weight excluding hydrogens is 711 g/mol. The summed E-state index contributed by atoms with van der Waals surface area (Å²) in [7, 11) is 0. The predicted molar refractivity (Wildman–Crippen MR) is 243 cm³/mol. The van der Waals surface area contributed by atoms with Crippen LogP contribution in [0.3, 0.4) is 0 Å². The SMILES string of the molecule is CCCCCCCCCCCC(CCCCCCCCCC)OC(=O)OCCCCCCCCN(CCO)CCCCCCCCOC(=O)CCCCCCCC. The van der Waals surface area contributed by atoms with Crippen molar-refractivity contribution in [1.29, 1.82) is 0 Å². The molecule has 0 bridgehead atoms. The Kier molecular flexibility index (Phi) is 46.2. The summed E-state index contributed by atoms with van der Waals surface area (Å²) in [6.45, 7) is 10.9. The number of nitrogens with zero attached hydrogens (tertiary/aromatic N) is 1. The standard InChI is InChI=1S/C50H99NO6/c1-4-7-10-13-16-18-20-26-33-40-48(39-32-25-19-17-14-11-8-5-2)57-50(54)56-47-38-31-24-22-29-36-43-51(44-45-52)42-35-28-21-23-30-37-46-55-49(53)41-34-27-15-12-9-6-3/h48,52H,4-47H2,1-3H3. The van der Waals surface area contributed by atoms with E-state index in [-0.39, 0.29) is 18.7 Å². The van der Waals surface area contributed by atoms with Crippen LogP contribution < -0.4 is 0 Å². The van der Waals surface area contributed by atoms with Gasteiger partial charge in [-0.2, -0.15) is 0 Å². The molecule has 1 N–H and O–H groups in total. The Morgan fingerprint density at radius 1 is 0.421 bits per heavy atom. The predicted octanol–water partition coefficient (Wildman–Crippen LogP) is 15.2. The molecule has 7 heteroatoms. The van der Waals surface area contributed by atoms with Crippen LogP contribution in [0.4, 0.5) is 4.79 Å². The second-order valence-electron chi connectivity index (χ2n) is 17.3. The maximum absolute atomic E-state index is 12.6. The largest absolute Gasteiger partial charge is 0.508 e. The molecule has 340 valence electrons. The molecule has 0 aliphatic rings. The molecule has 0 saturated carbocycles. The third-order valence-corrected chi connectivity index (χ3v) is 11.6. The minimum Gasteiger partial charge on any atom is -0.466 e. The number of hydrogen-bond donors (Lipinski definition) is 1. The maximum Gasteiger partial charge on any atom is 0.508 e.